The molecule has 1 aliphatic rings. The molecule has 1 aliphatic heterocycles. The first kappa shape index (κ1) is 28.7. The number of para-hydroxylation sites is 1. The van der Waals surface area contributed by atoms with Crippen LogP contribution in [0.25, 0.3) is 10.9 Å². The van der Waals surface area contributed by atoms with Crippen LogP contribution in [-0.2, 0) is 6.54 Å². The zero-order valence-corrected chi connectivity index (χ0v) is 23.3. The van der Waals surface area contributed by atoms with Crippen LogP contribution < -0.4 is 15.6 Å². The number of carbonyl (C=O) groups excluding carboxylic acids is 1. The number of benzene rings is 1. The third kappa shape index (κ3) is 5.31. The van der Waals surface area contributed by atoms with Gasteiger partial charge in [-0.15, -0.1) is 0 Å². The number of ether oxygens (including phenoxy) is 1. The number of halogens is 3. The smallest absolute Gasteiger partial charge is 0.406 e. The Hall–Kier alpha value is -3.27. The number of rotatable bonds is 7. The normalized spacial score (nSPS) is 16.4. The van der Waals surface area contributed by atoms with Crippen LogP contribution in [-0.4, -0.2) is 52.3 Å². The number of hydrogen-bond donors (Lipinski definition) is 2. The van der Waals surface area contributed by atoms with Gasteiger partial charge in [0.25, 0.3) is 11.5 Å². The van der Waals surface area contributed by atoms with E-state index in [0.29, 0.717) is 48.5 Å². The summed E-state index contributed by atoms with van der Waals surface area (Å²) in [5, 5.41) is 3.68. The standard InChI is InChI=1S/C29H37F3N4O3/c1-17-15-24(39-6)22(26(37)34-17)16-33-27(38)25-19(3)36(23-10-8-7-9-21(23)25)18(2)20-11-13-35(14-12-20)28(4,5)29(30,31)32/h7-10,15,18,20H,11-14,16H2,1-6H3,(H,33,38)(H,34,37)/t18-/m1/s1. The van der Waals surface area contributed by atoms with Crippen molar-refractivity contribution in [2.75, 3.05) is 20.2 Å². The average Bonchev–Trinajstić information content (AvgIpc) is 3.18. The molecule has 4 rings (SSSR count). The molecule has 0 bridgehead atoms. The van der Waals surface area contributed by atoms with Crippen LogP contribution in [0.4, 0.5) is 13.2 Å². The average molecular weight is 547 g/mol. The number of fused-ring (bicyclic) bond motifs is 1. The topological polar surface area (TPSA) is 79.4 Å². The van der Waals surface area contributed by atoms with Gasteiger partial charge in [0.1, 0.15) is 11.3 Å². The summed E-state index contributed by atoms with van der Waals surface area (Å²) in [5.74, 6) is 0.258. The molecule has 2 N–H and O–H groups in total. The van der Waals surface area contributed by atoms with Crippen molar-refractivity contribution in [3.8, 4) is 5.75 Å². The van der Waals surface area contributed by atoms with Gasteiger partial charge in [0.2, 0.25) is 0 Å². The fraction of sp³-hybridized carbons (Fsp3) is 0.517. The van der Waals surface area contributed by atoms with E-state index in [1.54, 1.807) is 13.0 Å². The Kier molecular flexibility index (Phi) is 7.89. The third-order valence-electron chi connectivity index (χ3n) is 8.37. The summed E-state index contributed by atoms with van der Waals surface area (Å²) in [7, 11) is 1.48. The molecule has 10 heteroatoms. The van der Waals surface area contributed by atoms with Gasteiger partial charge in [0, 0.05) is 28.3 Å². The number of H-pyrrole nitrogens is 1. The van der Waals surface area contributed by atoms with Crippen LogP contribution in [0.3, 0.4) is 0 Å². The SMILES string of the molecule is COc1cc(C)[nH]c(=O)c1CNC(=O)c1c(C)n([C@H](C)C2CCN(C(C)(C)C(F)(F)F)CC2)c2ccccc12. The first-order chi connectivity index (χ1) is 18.3. The Bertz CT molecular complexity index is 1420. The van der Waals surface area contributed by atoms with Gasteiger partial charge in [-0.3, -0.25) is 14.5 Å². The summed E-state index contributed by atoms with van der Waals surface area (Å²) < 4.78 is 48.2. The highest BCUT2D eigenvalue weighted by atomic mass is 19.4. The number of aromatic nitrogens is 2. The maximum Gasteiger partial charge on any atom is 0.406 e. The number of methoxy groups -OCH3 is 1. The van der Waals surface area contributed by atoms with Gasteiger partial charge >= 0.3 is 6.18 Å². The number of likely N-dealkylation sites (tertiary alicyclic amines) is 1. The zero-order valence-electron chi connectivity index (χ0n) is 23.3. The molecule has 7 nitrogen and oxygen atoms in total. The minimum absolute atomic E-state index is 0.000425. The number of nitrogens with one attached hydrogen (secondary N) is 2. The maximum atomic E-state index is 13.6. The molecule has 1 aromatic carbocycles. The van der Waals surface area contributed by atoms with E-state index in [2.05, 4.69) is 21.8 Å². The van der Waals surface area contributed by atoms with Gasteiger partial charge in [-0.2, -0.15) is 13.2 Å². The lowest BCUT2D eigenvalue weighted by Gasteiger charge is -2.45. The number of pyridine rings is 1. The fourth-order valence-electron chi connectivity index (χ4n) is 5.83. The predicted octanol–water partition coefficient (Wildman–Crippen LogP) is 5.50. The molecule has 212 valence electrons. The van der Waals surface area contributed by atoms with E-state index >= 15 is 0 Å². The minimum atomic E-state index is -4.30. The number of carbonyl (C=O) groups is 1. The van der Waals surface area contributed by atoms with Crippen molar-refractivity contribution in [3.05, 3.63) is 63.2 Å². The van der Waals surface area contributed by atoms with E-state index in [1.807, 2.05) is 31.2 Å². The lowest BCUT2D eigenvalue weighted by Crippen LogP contribution is -2.57. The Morgan fingerprint density at radius 3 is 2.44 bits per heavy atom. The molecule has 0 spiro atoms. The van der Waals surface area contributed by atoms with E-state index < -0.39 is 11.7 Å². The van der Waals surface area contributed by atoms with Crippen molar-refractivity contribution in [2.45, 2.75) is 71.8 Å². The van der Waals surface area contributed by atoms with Crippen LogP contribution in [0.15, 0.2) is 35.1 Å². The fourth-order valence-corrected chi connectivity index (χ4v) is 5.83. The maximum absolute atomic E-state index is 13.6. The molecule has 1 saturated heterocycles. The van der Waals surface area contributed by atoms with Crippen molar-refractivity contribution in [2.24, 2.45) is 5.92 Å². The molecule has 3 aromatic rings. The van der Waals surface area contributed by atoms with Crippen molar-refractivity contribution in [1.82, 2.24) is 19.8 Å². The second kappa shape index (κ2) is 10.7. The van der Waals surface area contributed by atoms with Crippen LogP contribution in [0.5, 0.6) is 5.75 Å². The number of aromatic amines is 1. The summed E-state index contributed by atoms with van der Waals surface area (Å²) in [4.78, 5) is 30.3. The van der Waals surface area contributed by atoms with E-state index in [4.69, 9.17) is 4.74 Å². The molecule has 0 radical (unpaired) electrons. The van der Waals surface area contributed by atoms with Crippen molar-refractivity contribution >= 4 is 16.8 Å². The molecule has 3 heterocycles. The summed E-state index contributed by atoms with van der Waals surface area (Å²) in [6.45, 7) is 8.93. The van der Waals surface area contributed by atoms with Crippen molar-refractivity contribution in [3.63, 3.8) is 0 Å². The lowest BCUT2D eigenvalue weighted by atomic mass is 9.87. The highest BCUT2D eigenvalue weighted by Gasteiger charge is 2.51. The summed E-state index contributed by atoms with van der Waals surface area (Å²) >= 11 is 0. The number of alkyl halides is 3. The summed E-state index contributed by atoms with van der Waals surface area (Å²) in [6, 6.07) is 9.34. The van der Waals surface area contributed by atoms with Crippen LogP contribution in [0.2, 0.25) is 0 Å². The van der Waals surface area contributed by atoms with Gasteiger partial charge in [0.05, 0.1) is 24.8 Å². The first-order valence-electron chi connectivity index (χ1n) is 13.2. The predicted molar refractivity (Wildman–Crippen MR) is 145 cm³/mol. The summed E-state index contributed by atoms with van der Waals surface area (Å²) in [6.07, 6.45) is -3.04. The van der Waals surface area contributed by atoms with E-state index in [9.17, 15) is 22.8 Å². The molecule has 1 fully saturated rings. The van der Waals surface area contributed by atoms with Crippen LogP contribution >= 0.6 is 0 Å². The van der Waals surface area contributed by atoms with Crippen molar-refractivity contribution in [1.29, 1.82) is 0 Å². The number of aryl methyl sites for hydroxylation is 1. The molecular weight excluding hydrogens is 509 g/mol. The Morgan fingerprint density at radius 1 is 1.18 bits per heavy atom. The zero-order chi connectivity index (χ0) is 28.7. The second-order valence-electron chi connectivity index (χ2n) is 11.0. The van der Waals surface area contributed by atoms with E-state index in [-0.39, 0.29) is 30.0 Å². The molecule has 0 unspecified atom stereocenters. The number of amides is 1. The quantitative estimate of drug-likeness (QED) is 0.410. The van der Waals surface area contributed by atoms with Crippen LogP contribution in [0.1, 0.15) is 67.0 Å². The molecule has 1 atom stereocenters. The third-order valence-corrected chi connectivity index (χ3v) is 8.37. The van der Waals surface area contributed by atoms with Crippen LogP contribution in [0, 0.1) is 19.8 Å². The van der Waals surface area contributed by atoms with E-state index in [0.717, 1.165) is 16.6 Å². The monoisotopic (exact) mass is 546 g/mol. The number of hydrogen-bond acceptors (Lipinski definition) is 4. The minimum Gasteiger partial charge on any atom is -0.496 e. The Balaban J connectivity index is 1.59. The lowest BCUT2D eigenvalue weighted by molar-refractivity contribution is -0.224. The Labute approximate surface area is 226 Å². The molecular formula is C29H37F3N4O3. The largest absolute Gasteiger partial charge is 0.496 e. The second-order valence-corrected chi connectivity index (χ2v) is 11.0. The molecule has 2 aromatic heterocycles. The Morgan fingerprint density at radius 2 is 1.82 bits per heavy atom. The number of nitrogens with zero attached hydrogens (tertiary/aromatic N) is 2. The highest BCUT2D eigenvalue weighted by Crippen LogP contribution is 2.40. The molecule has 0 saturated carbocycles. The molecule has 1 amide bonds. The van der Waals surface area contributed by atoms with Gasteiger partial charge in [-0.05, 0) is 78.6 Å². The van der Waals surface area contributed by atoms with Gasteiger partial charge in [-0.1, -0.05) is 18.2 Å². The van der Waals surface area contributed by atoms with Crippen molar-refractivity contribution < 1.29 is 22.7 Å². The molecule has 39 heavy (non-hydrogen) atoms. The van der Waals surface area contributed by atoms with Gasteiger partial charge in [0.15, 0.2) is 0 Å². The molecule has 0 aliphatic carbocycles. The first-order valence-corrected chi connectivity index (χ1v) is 13.2. The van der Waals surface area contributed by atoms with Gasteiger partial charge in [-0.25, -0.2) is 0 Å². The van der Waals surface area contributed by atoms with E-state index in [1.165, 1.54) is 25.9 Å². The number of piperidine rings is 1. The highest BCUT2D eigenvalue weighted by molar-refractivity contribution is 6.08. The van der Waals surface area contributed by atoms with Gasteiger partial charge < -0.3 is 19.6 Å². The summed E-state index contributed by atoms with van der Waals surface area (Å²) in [5.41, 5.74) is 1.01.